The summed E-state index contributed by atoms with van der Waals surface area (Å²) in [6, 6.07) is 7.27. The Bertz CT molecular complexity index is 513. The summed E-state index contributed by atoms with van der Waals surface area (Å²) in [7, 11) is 0. The van der Waals surface area contributed by atoms with Crippen LogP contribution in [0.4, 0.5) is 0 Å². The minimum atomic E-state index is -1.82. The first kappa shape index (κ1) is 21.8. The lowest BCUT2D eigenvalue weighted by Crippen LogP contribution is -2.42. The van der Waals surface area contributed by atoms with E-state index in [9.17, 15) is 5.11 Å². The van der Waals surface area contributed by atoms with Crippen molar-refractivity contribution >= 4 is 11.9 Å². The molecule has 0 spiro atoms. The van der Waals surface area contributed by atoms with Crippen LogP contribution in [0.5, 0.6) is 5.75 Å². The summed E-state index contributed by atoms with van der Waals surface area (Å²) in [6.45, 7) is 6.75. The van der Waals surface area contributed by atoms with Crippen molar-refractivity contribution < 1.29 is 34.8 Å². The third-order valence-corrected chi connectivity index (χ3v) is 2.63. The van der Waals surface area contributed by atoms with E-state index in [-0.39, 0.29) is 18.8 Å². The highest BCUT2D eigenvalue weighted by molar-refractivity contribution is 6.27. The Labute approximate surface area is 140 Å². The first-order valence-corrected chi connectivity index (χ1v) is 7.27. The van der Waals surface area contributed by atoms with Crippen LogP contribution in [0.3, 0.4) is 0 Å². The van der Waals surface area contributed by atoms with Crippen LogP contribution in [0, 0.1) is 0 Å². The van der Waals surface area contributed by atoms with Gasteiger partial charge in [0.15, 0.2) is 0 Å². The van der Waals surface area contributed by atoms with Crippen molar-refractivity contribution in [2.75, 3.05) is 13.2 Å². The smallest absolute Gasteiger partial charge is 0.414 e. The van der Waals surface area contributed by atoms with Crippen LogP contribution >= 0.6 is 0 Å². The Morgan fingerprint density at radius 2 is 1.71 bits per heavy atom. The molecule has 136 valence electrons. The molecule has 0 aliphatic rings. The van der Waals surface area contributed by atoms with Crippen LogP contribution in [0.1, 0.15) is 26.3 Å². The molecular formula is C16H25NO7. The molecule has 8 nitrogen and oxygen atoms in total. The SMILES string of the molecule is CC(C)(C)NCC(O)COc1ccccc1CO.O=C(O)C(=O)O. The number of para-hydroxylation sites is 1. The molecule has 8 heteroatoms. The van der Waals surface area contributed by atoms with Crippen LogP contribution in [0.15, 0.2) is 24.3 Å². The number of rotatable bonds is 6. The number of aliphatic carboxylic acids is 2. The molecule has 0 saturated heterocycles. The molecule has 0 aromatic heterocycles. The van der Waals surface area contributed by atoms with Crippen LogP contribution in [-0.2, 0) is 16.2 Å². The molecule has 1 atom stereocenters. The molecular weight excluding hydrogens is 318 g/mol. The number of ether oxygens (including phenoxy) is 1. The van der Waals surface area contributed by atoms with Crippen molar-refractivity contribution in [2.45, 2.75) is 39.0 Å². The van der Waals surface area contributed by atoms with Gasteiger partial charge < -0.3 is 30.5 Å². The molecule has 0 aliphatic heterocycles. The fraction of sp³-hybridized carbons (Fsp3) is 0.500. The maximum absolute atomic E-state index is 9.79. The van der Waals surface area contributed by atoms with E-state index >= 15 is 0 Å². The van der Waals surface area contributed by atoms with Crippen molar-refractivity contribution in [1.29, 1.82) is 0 Å². The second-order valence-electron chi connectivity index (χ2n) is 5.97. The second kappa shape index (κ2) is 10.6. The molecule has 0 radical (unpaired) electrons. The lowest BCUT2D eigenvalue weighted by Gasteiger charge is -2.23. The maximum Gasteiger partial charge on any atom is 0.414 e. The van der Waals surface area contributed by atoms with E-state index in [1.807, 2.05) is 32.9 Å². The Morgan fingerprint density at radius 3 is 2.17 bits per heavy atom. The van der Waals surface area contributed by atoms with Crippen molar-refractivity contribution in [3.63, 3.8) is 0 Å². The van der Waals surface area contributed by atoms with Crippen LogP contribution in [0.25, 0.3) is 0 Å². The fourth-order valence-corrected chi connectivity index (χ4v) is 1.44. The molecule has 0 bridgehead atoms. The predicted molar refractivity (Wildman–Crippen MR) is 86.9 cm³/mol. The largest absolute Gasteiger partial charge is 0.490 e. The Morgan fingerprint density at radius 1 is 1.17 bits per heavy atom. The van der Waals surface area contributed by atoms with E-state index in [2.05, 4.69) is 5.32 Å². The monoisotopic (exact) mass is 343 g/mol. The van der Waals surface area contributed by atoms with Crippen LogP contribution < -0.4 is 10.1 Å². The van der Waals surface area contributed by atoms with Gasteiger partial charge in [-0.3, -0.25) is 0 Å². The summed E-state index contributed by atoms with van der Waals surface area (Å²) in [5.74, 6) is -3.03. The number of aliphatic hydroxyl groups is 2. The normalized spacial score (nSPS) is 11.9. The number of benzene rings is 1. The van der Waals surface area contributed by atoms with Gasteiger partial charge >= 0.3 is 11.9 Å². The highest BCUT2D eigenvalue weighted by Gasteiger charge is 2.13. The standard InChI is InChI=1S/C14H23NO3.C2H2O4/c1-14(2,3)15-8-12(17)10-18-13-7-5-4-6-11(13)9-16;3-1(4)2(5)6/h4-7,12,15-17H,8-10H2,1-3H3;(H,3,4)(H,5,6). The highest BCUT2D eigenvalue weighted by Crippen LogP contribution is 2.17. The van der Waals surface area contributed by atoms with Gasteiger partial charge in [0.25, 0.3) is 0 Å². The van der Waals surface area contributed by atoms with Gasteiger partial charge in [-0.05, 0) is 26.8 Å². The van der Waals surface area contributed by atoms with Crippen LogP contribution in [0.2, 0.25) is 0 Å². The number of nitrogens with one attached hydrogen (secondary N) is 1. The van der Waals surface area contributed by atoms with Gasteiger partial charge in [-0.15, -0.1) is 0 Å². The molecule has 1 rings (SSSR count). The zero-order valence-corrected chi connectivity index (χ0v) is 14.0. The Kier molecular flexibility index (Phi) is 9.63. The van der Waals surface area contributed by atoms with Gasteiger partial charge in [-0.2, -0.15) is 0 Å². The molecule has 1 aromatic rings. The summed E-state index contributed by atoms with van der Waals surface area (Å²) >= 11 is 0. The third-order valence-electron chi connectivity index (χ3n) is 2.63. The van der Waals surface area contributed by atoms with Gasteiger partial charge in [-0.25, -0.2) is 9.59 Å². The van der Waals surface area contributed by atoms with Gasteiger partial charge in [0.05, 0.1) is 6.61 Å². The van der Waals surface area contributed by atoms with E-state index in [4.69, 9.17) is 29.6 Å². The molecule has 24 heavy (non-hydrogen) atoms. The van der Waals surface area contributed by atoms with Gasteiger partial charge in [0, 0.05) is 17.6 Å². The van der Waals surface area contributed by atoms with Gasteiger partial charge in [-0.1, -0.05) is 18.2 Å². The van der Waals surface area contributed by atoms with E-state index in [0.29, 0.717) is 12.3 Å². The summed E-state index contributed by atoms with van der Waals surface area (Å²) < 4.78 is 5.51. The molecule has 1 aromatic carbocycles. The molecule has 0 saturated carbocycles. The molecule has 0 fully saturated rings. The van der Waals surface area contributed by atoms with E-state index in [0.717, 1.165) is 5.56 Å². The first-order valence-electron chi connectivity index (χ1n) is 7.27. The molecule has 1 unspecified atom stereocenters. The van der Waals surface area contributed by atoms with Crippen molar-refractivity contribution in [2.24, 2.45) is 0 Å². The maximum atomic E-state index is 9.79. The summed E-state index contributed by atoms with van der Waals surface area (Å²) in [5.41, 5.74) is 0.706. The third kappa shape index (κ3) is 10.5. The number of aliphatic hydroxyl groups excluding tert-OH is 2. The average molecular weight is 343 g/mol. The summed E-state index contributed by atoms with van der Waals surface area (Å²) in [4.78, 5) is 18.2. The minimum absolute atomic E-state index is 0.0238. The number of carboxylic acids is 2. The zero-order valence-electron chi connectivity index (χ0n) is 14.0. The quantitative estimate of drug-likeness (QED) is 0.470. The average Bonchev–Trinajstić information content (AvgIpc) is 2.51. The van der Waals surface area contributed by atoms with E-state index in [1.54, 1.807) is 12.1 Å². The Hall–Kier alpha value is -2.16. The van der Waals surface area contributed by atoms with E-state index < -0.39 is 18.0 Å². The zero-order chi connectivity index (χ0) is 18.8. The number of carbonyl (C=O) groups is 2. The van der Waals surface area contributed by atoms with Crippen molar-refractivity contribution in [1.82, 2.24) is 5.32 Å². The van der Waals surface area contributed by atoms with Crippen LogP contribution in [-0.4, -0.2) is 57.2 Å². The number of carboxylic acid groups (broad SMARTS) is 2. The molecule has 0 heterocycles. The number of hydrogen-bond donors (Lipinski definition) is 5. The first-order chi connectivity index (χ1) is 11.1. The molecule has 5 N–H and O–H groups in total. The lowest BCUT2D eigenvalue weighted by atomic mass is 10.1. The highest BCUT2D eigenvalue weighted by atomic mass is 16.5. The molecule has 0 aliphatic carbocycles. The number of β-amino-alcohol motifs (C(OH)–C–C–N with tert-alkyl or cyclic N) is 1. The fourth-order valence-electron chi connectivity index (χ4n) is 1.44. The summed E-state index contributed by atoms with van der Waals surface area (Å²) in [6.07, 6.45) is -0.573. The molecule has 0 amide bonds. The number of hydrogen-bond acceptors (Lipinski definition) is 6. The van der Waals surface area contributed by atoms with Crippen molar-refractivity contribution in [3.8, 4) is 5.75 Å². The van der Waals surface area contributed by atoms with Gasteiger partial charge in [0.1, 0.15) is 18.5 Å². The topological polar surface area (TPSA) is 136 Å². The minimum Gasteiger partial charge on any atom is -0.490 e. The lowest BCUT2D eigenvalue weighted by molar-refractivity contribution is -0.159. The van der Waals surface area contributed by atoms with E-state index in [1.165, 1.54) is 0 Å². The summed E-state index contributed by atoms with van der Waals surface area (Å²) in [5, 5.41) is 36.9. The predicted octanol–water partition coefficient (Wildman–Crippen LogP) is 0.462. The second-order valence-corrected chi connectivity index (χ2v) is 5.97. The van der Waals surface area contributed by atoms with Gasteiger partial charge in [0.2, 0.25) is 0 Å². The Balaban J connectivity index is 0.000000754. The van der Waals surface area contributed by atoms with Crippen molar-refractivity contribution in [3.05, 3.63) is 29.8 Å².